The highest BCUT2D eigenvalue weighted by Gasteiger charge is 2.16. The second-order valence-electron chi connectivity index (χ2n) is 8.26. The van der Waals surface area contributed by atoms with Gasteiger partial charge in [0.25, 0.3) is 0 Å². The average Bonchev–Trinajstić information content (AvgIpc) is 2.77. The molecule has 0 fully saturated rings. The fraction of sp³-hybridized carbons (Fsp3) is 0.143. The van der Waals surface area contributed by atoms with Crippen LogP contribution in [0.3, 0.4) is 0 Å². The molecule has 0 saturated heterocycles. The monoisotopic (exact) mass is 441 g/mol. The van der Waals surface area contributed by atoms with Gasteiger partial charge in [0.1, 0.15) is 28.7 Å². The van der Waals surface area contributed by atoms with E-state index in [1.807, 2.05) is 81.1 Å². The third kappa shape index (κ3) is 4.58. The Labute approximate surface area is 193 Å². The topological polar surface area (TPSA) is 73.2 Å². The molecule has 4 aromatic carbocycles. The summed E-state index contributed by atoms with van der Waals surface area (Å²) in [5.41, 5.74) is 5.70. The van der Waals surface area contributed by atoms with E-state index in [1.54, 1.807) is 24.3 Å². The summed E-state index contributed by atoms with van der Waals surface area (Å²) in [4.78, 5) is 1.94. The number of phenolic OH excluding ortho intramolecular Hbond substituents is 3. The molecule has 0 atom stereocenters. The summed E-state index contributed by atoms with van der Waals surface area (Å²) < 4.78 is 6.13. The lowest BCUT2D eigenvalue weighted by atomic mass is 10.1. The molecule has 0 heterocycles. The van der Waals surface area contributed by atoms with Gasteiger partial charge in [-0.1, -0.05) is 18.2 Å². The summed E-state index contributed by atoms with van der Waals surface area (Å²) in [7, 11) is 0. The molecule has 0 bridgehead atoms. The summed E-state index contributed by atoms with van der Waals surface area (Å²) in [6.45, 7) is 7.56. The van der Waals surface area contributed by atoms with Crippen LogP contribution < -0.4 is 9.64 Å². The van der Waals surface area contributed by atoms with Crippen LogP contribution in [0, 0.1) is 27.7 Å². The average molecular weight is 442 g/mol. The van der Waals surface area contributed by atoms with Crippen molar-refractivity contribution in [1.29, 1.82) is 0 Å². The maximum atomic E-state index is 10.3. The smallest absolute Gasteiger partial charge is 0.134 e. The predicted octanol–water partition coefficient (Wildman–Crippen LogP) is 7.30. The highest BCUT2D eigenvalue weighted by atomic mass is 16.5. The molecule has 0 aliphatic rings. The Balaban J connectivity index is 1.81. The summed E-state index contributed by atoms with van der Waals surface area (Å²) >= 11 is 0. The molecular weight excluding hydrogens is 414 g/mol. The Kier molecular flexibility index (Phi) is 5.88. The van der Waals surface area contributed by atoms with Gasteiger partial charge in [-0.25, -0.2) is 0 Å². The number of benzene rings is 4. The largest absolute Gasteiger partial charge is 0.508 e. The van der Waals surface area contributed by atoms with Crippen molar-refractivity contribution in [2.75, 3.05) is 4.90 Å². The highest BCUT2D eigenvalue weighted by Crippen LogP contribution is 2.40. The van der Waals surface area contributed by atoms with Crippen LogP contribution in [0.4, 0.5) is 17.1 Å². The molecule has 0 unspecified atom stereocenters. The van der Waals surface area contributed by atoms with Crippen molar-refractivity contribution in [3.63, 3.8) is 0 Å². The van der Waals surface area contributed by atoms with E-state index in [4.69, 9.17) is 4.74 Å². The Morgan fingerprint density at radius 1 is 0.606 bits per heavy atom. The molecule has 0 radical (unpaired) electrons. The minimum atomic E-state index is 0.149. The van der Waals surface area contributed by atoms with Gasteiger partial charge in [-0.15, -0.1) is 0 Å². The zero-order valence-corrected chi connectivity index (χ0v) is 19.1. The van der Waals surface area contributed by atoms with E-state index in [0.29, 0.717) is 11.5 Å². The minimum absolute atomic E-state index is 0.149. The molecule has 33 heavy (non-hydrogen) atoms. The number of nitrogens with zero attached hydrogens (tertiary/aromatic N) is 1. The molecule has 0 aromatic heterocycles. The SMILES string of the molecule is Cc1ccc(N(c2cccc(Oc3cc(O)cc(C)c3C)c2)c2ccc(C)c(O)c2)cc1O. The van der Waals surface area contributed by atoms with Crippen molar-refractivity contribution in [2.24, 2.45) is 0 Å². The standard InChI is InChI=1S/C28H27NO4/c1-17-8-10-22(14-26(17)31)29(23-11-9-18(2)27(32)15-23)21-6-5-7-25(13-21)33-28-16-24(30)12-19(3)20(28)4/h5-16,30-32H,1-4H3. The van der Waals surface area contributed by atoms with Crippen LogP contribution in [-0.2, 0) is 0 Å². The molecular formula is C28H27NO4. The van der Waals surface area contributed by atoms with Gasteiger partial charge in [-0.2, -0.15) is 0 Å². The van der Waals surface area contributed by atoms with Crippen molar-refractivity contribution in [3.05, 3.63) is 95.1 Å². The lowest BCUT2D eigenvalue weighted by Gasteiger charge is -2.26. The normalized spacial score (nSPS) is 10.8. The summed E-state index contributed by atoms with van der Waals surface area (Å²) in [5.74, 6) is 1.70. The lowest BCUT2D eigenvalue weighted by Crippen LogP contribution is -2.10. The van der Waals surface area contributed by atoms with Crippen molar-refractivity contribution in [1.82, 2.24) is 0 Å². The summed E-state index contributed by atoms with van der Waals surface area (Å²) in [6.07, 6.45) is 0. The third-order valence-corrected chi connectivity index (χ3v) is 5.81. The molecule has 5 heteroatoms. The number of ether oxygens (including phenoxy) is 1. The van der Waals surface area contributed by atoms with Crippen LogP contribution >= 0.6 is 0 Å². The molecule has 0 spiro atoms. The van der Waals surface area contributed by atoms with E-state index in [9.17, 15) is 15.3 Å². The summed E-state index contributed by atoms with van der Waals surface area (Å²) in [6, 6.07) is 21.8. The van der Waals surface area contributed by atoms with Crippen LogP contribution in [0.25, 0.3) is 0 Å². The number of rotatable bonds is 5. The first kappa shape index (κ1) is 22.1. The van der Waals surface area contributed by atoms with Crippen LogP contribution in [0.15, 0.2) is 72.8 Å². The molecule has 0 aliphatic carbocycles. The maximum Gasteiger partial charge on any atom is 0.134 e. The Morgan fingerprint density at radius 3 is 1.76 bits per heavy atom. The molecule has 0 aliphatic heterocycles. The van der Waals surface area contributed by atoms with Crippen molar-refractivity contribution in [2.45, 2.75) is 27.7 Å². The molecule has 5 nitrogen and oxygen atoms in total. The van der Waals surface area contributed by atoms with Gasteiger partial charge in [0, 0.05) is 41.3 Å². The van der Waals surface area contributed by atoms with Crippen LogP contribution in [-0.4, -0.2) is 15.3 Å². The highest BCUT2D eigenvalue weighted by molar-refractivity contribution is 5.79. The van der Waals surface area contributed by atoms with Gasteiger partial charge in [-0.3, -0.25) is 0 Å². The van der Waals surface area contributed by atoms with Crippen molar-refractivity contribution >= 4 is 17.1 Å². The number of anilines is 3. The van der Waals surface area contributed by atoms with Crippen molar-refractivity contribution < 1.29 is 20.1 Å². The molecule has 3 N–H and O–H groups in total. The Hall–Kier alpha value is -4.12. The first-order valence-electron chi connectivity index (χ1n) is 10.7. The second kappa shape index (κ2) is 8.79. The molecule has 4 rings (SSSR count). The van der Waals surface area contributed by atoms with E-state index in [-0.39, 0.29) is 17.2 Å². The fourth-order valence-corrected chi connectivity index (χ4v) is 3.65. The lowest BCUT2D eigenvalue weighted by molar-refractivity contribution is 0.452. The van der Waals surface area contributed by atoms with Gasteiger partial charge >= 0.3 is 0 Å². The van der Waals surface area contributed by atoms with Crippen LogP contribution in [0.1, 0.15) is 22.3 Å². The van der Waals surface area contributed by atoms with Gasteiger partial charge < -0.3 is 25.0 Å². The molecule has 4 aromatic rings. The van der Waals surface area contributed by atoms with E-state index < -0.39 is 0 Å². The zero-order valence-electron chi connectivity index (χ0n) is 19.1. The van der Waals surface area contributed by atoms with Crippen molar-refractivity contribution in [3.8, 4) is 28.7 Å². The number of hydrogen-bond donors (Lipinski definition) is 3. The number of aryl methyl sites for hydroxylation is 3. The van der Waals surface area contributed by atoms with Crippen LogP contribution in [0.5, 0.6) is 28.7 Å². The van der Waals surface area contributed by atoms with E-state index >= 15 is 0 Å². The first-order valence-corrected chi connectivity index (χ1v) is 10.7. The molecule has 0 saturated carbocycles. The maximum absolute atomic E-state index is 10.3. The van der Waals surface area contributed by atoms with E-state index in [1.165, 1.54) is 0 Å². The van der Waals surface area contributed by atoms with Gasteiger partial charge in [-0.05, 0) is 80.3 Å². The first-order chi connectivity index (χ1) is 15.7. The number of aromatic hydroxyl groups is 3. The number of hydrogen-bond acceptors (Lipinski definition) is 5. The molecule has 168 valence electrons. The molecule has 0 amide bonds. The minimum Gasteiger partial charge on any atom is -0.508 e. The van der Waals surface area contributed by atoms with E-state index in [0.717, 1.165) is 39.3 Å². The fourth-order valence-electron chi connectivity index (χ4n) is 3.65. The Bertz CT molecular complexity index is 1280. The zero-order chi connectivity index (χ0) is 23.7. The van der Waals surface area contributed by atoms with Gasteiger partial charge in [0.05, 0.1) is 0 Å². The summed E-state index contributed by atoms with van der Waals surface area (Å²) in [5, 5.41) is 30.7. The van der Waals surface area contributed by atoms with Crippen LogP contribution in [0.2, 0.25) is 0 Å². The second-order valence-corrected chi connectivity index (χ2v) is 8.26. The van der Waals surface area contributed by atoms with Gasteiger partial charge in [0.15, 0.2) is 0 Å². The Morgan fingerprint density at radius 2 is 1.18 bits per heavy atom. The number of phenols is 3. The quantitative estimate of drug-likeness (QED) is 0.303. The van der Waals surface area contributed by atoms with E-state index in [2.05, 4.69) is 0 Å². The van der Waals surface area contributed by atoms with Gasteiger partial charge in [0.2, 0.25) is 0 Å². The third-order valence-electron chi connectivity index (χ3n) is 5.81. The predicted molar refractivity (Wildman–Crippen MR) is 132 cm³/mol.